The third-order valence-corrected chi connectivity index (χ3v) is 4.45. The fourth-order valence-corrected chi connectivity index (χ4v) is 3.00. The largest absolute Gasteiger partial charge is 0.371 e. The summed E-state index contributed by atoms with van der Waals surface area (Å²) in [7, 11) is 2.22. The fourth-order valence-electron chi connectivity index (χ4n) is 3.00. The van der Waals surface area contributed by atoms with Crippen LogP contribution in [0.15, 0.2) is 24.3 Å². The van der Waals surface area contributed by atoms with Crippen molar-refractivity contribution >= 4 is 5.69 Å². The zero-order chi connectivity index (χ0) is 13.2. The molecule has 0 unspecified atom stereocenters. The lowest BCUT2D eigenvalue weighted by atomic mass is 9.75. The van der Waals surface area contributed by atoms with Crippen LogP contribution in [0.2, 0.25) is 0 Å². The SMILES string of the molecule is CN(c1ccccc1CN)C1CCC(C)(C)CC1. The molecule has 1 aromatic carbocycles. The minimum Gasteiger partial charge on any atom is -0.371 e. The molecule has 2 rings (SSSR count). The molecule has 0 bridgehead atoms. The minimum absolute atomic E-state index is 0.532. The summed E-state index contributed by atoms with van der Waals surface area (Å²) in [6.45, 7) is 5.40. The van der Waals surface area contributed by atoms with Gasteiger partial charge in [0, 0.05) is 25.3 Å². The molecule has 1 aliphatic rings. The molecule has 1 aliphatic carbocycles. The molecule has 1 aromatic rings. The van der Waals surface area contributed by atoms with Crippen LogP contribution in [0.4, 0.5) is 5.69 Å². The van der Waals surface area contributed by atoms with E-state index >= 15 is 0 Å². The first-order valence-electron chi connectivity index (χ1n) is 7.04. The third kappa shape index (κ3) is 2.86. The van der Waals surface area contributed by atoms with Gasteiger partial charge < -0.3 is 10.6 Å². The van der Waals surface area contributed by atoms with E-state index in [1.807, 2.05) is 0 Å². The van der Waals surface area contributed by atoms with Gasteiger partial charge in [0.05, 0.1) is 0 Å². The van der Waals surface area contributed by atoms with Gasteiger partial charge >= 0.3 is 0 Å². The van der Waals surface area contributed by atoms with E-state index in [0.29, 0.717) is 18.0 Å². The van der Waals surface area contributed by atoms with Crippen LogP contribution < -0.4 is 10.6 Å². The summed E-state index contributed by atoms with van der Waals surface area (Å²) in [6, 6.07) is 9.19. The Morgan fingerprint density at radius 3 is 2.44 bits per heavy atom. The first-order valence-corrected chi connectivity index (χ1v) is 7.04. The van der Waals surface area contributed by atoms with Gasteiger partial charge in [-0.1, -0.05) is 32.0 Å². The first kappa shape index (κ1) is 13.4. The predicted octanol–water partition coefficient (Wildman–Crippen LogP) is 3.55. The number of nitrogens with two attached hydrogens (primary N) is 1. The molecule has 2 N–H and O–H groups in total. The predicted molar refractivity (Wildman–Crippen MR) is 78.8 cm³/mol. The van der Waals surface area contributed by atoms with Crippen LogP contribution in [-0.4, -0.2) is 13.1 Å². The number of hydrogen-bond donors (Lipinski definition) is 1. The highest BCUT2D eigenvalue weighted by Gasteiger charge is 2.29. The van der Waals surface area contributed by atoms with Crippen molar-refractivity contribution in [2.24, 2.45) is 11.1 Å². The molecular formula is C16H26N2. The quantitative estimate of drug-likeness (QED) is 0.883. The molecule has 18 heavy (non-hydrogen) atoms. The van der Waals surface area contributed by atoms with Gasteiger partial charge in [-0.2, -0.15) is 0 Å². The molecule has 100 valence electrons. The molecule has 2 nitrogen and oxygen atoms in total. The van der Waals surface area contributed by atoms with Crippen molar-refractivity contribution in [1.82, 2.24) is 0 Å². The van der Waals surface area contributed by atoms with Gasteiger partial charge in [-0.15, -0.1) is 0 Å². The fraction of sp³-hybridized carbons (Fsp3) is 0.625. The number of rotatable bonds is 3. The smallest absolute Gasteiger partial charge is 0.0411 e. The zero-order valence-electron chi connectivity index (χ0n) is 11.9. The minimum atomic E-state index is 0.532. The van der Waals surface area contributed by atoms with E-state index in [1.165, 1.54) is 36.9 Å². The number of para-hydroxylation sites is 1. The molecule has 0 saturated heterocycles. The Bertz CT molecular complexity index is 388. The van der Waals surface area contributed by atoms with Gasteiger partial charge in [-0.05, 0) is 42.7 Å². The highest BCUT2D eigenvalue weighted by atomic mass is 15.1. The van der Waals surface area contributed by atoms with Crippen molar-refractivity contribution < 1.29 is 0 Å². The lowest BCUT2D eigenvalue weighted by molar-refractivity contribution is 0.222. The number of nitrogens with zero attached hydrogens (tertiary/aromatic N) is 1. The van der Waals surface area contributed by atoms with Crippen molar-refractivity contribution in [3.63, 3.8) is 0 Å². The molecule has 0 aliphatic heterocycles. The summed E-state index contributed by atoms with van der Waals surface area (Å²) in [4.78, 5) is 2.44. The van der Waals surface area contributed by atoms with Crippen molar-refractivity contribution in [3.05, 3.63) is 29.8 Å². The van der Waals surface area contributed by atoms with Crippen LogP contribution in [0, 0.1) is 5.41 Å². The van der Waals surface area contributed by atoms with Gasteiger partial charge in [0.25, 0.3) is 0 Å². The molecule has 2 heteroatoms. The average molecular weight is 246 g/mol. The van der Waals surface area contributed by atoms with Crippen molar-refractivity contribution in [2.45, 2.75) is 52.1 Å². The van der Waals surface area contributed by atoms with Crippen molar-refractivity contribution in [2.75, 3.05) is 11.9 Å². The van der Waals surface area contributed by atoms with Crippen LogP contribution in [0.25, 0.3) is 0 Å². The summed E-state index contributed by atoms with van der Waals surface area (Å²) >= 11 is 0. The first-order chi connectivity index (χ1) is 8.53. The Morgan fingerprint density at radius 2 is 1.83 bits per heavy atom. The highest BCUT2D eigenvalue weighted by Crippen LogP contribution is 2.38. The van der Waals surface area contributed by atoms with Crippen LogP contribution in [0.3, 0.4) is 0 Å². The third-order valence-electron chi connectivity index (χ3n) is 4.45. The Balaban J connectivity index is 2.10. The second-order valence-electron chi connectivity index (χ2n) is 6.34. The van der Waals surface area contributed by atoms with Crippen LogP contribution >= 0.6 is 0 Å². The molecular weight excluding hydrogens is 220 g/mol. The maximum absolute atomic E-state index is 5.83. The maximum atomic E-state index is 5.83. The van der Waals surface area contributed by atoms with Crippen molar-refractivity contribution in [3.8, 4) is 0 Å². The Labute approximate surface area is 111 Å². The van der Waals surface area contributed by atoms with E-state index in [2.05, 4.69) is 50.1 Å². The van der Waals surface area contributed by atoms with E-state index in [4.69, 9.17) is 5.73 Å². The topological polar surface area (TPSA) is 29.3 Å². The summed E-state index contributed by atoms with van der Waals surface area (Å²) in [5, 5.41) is 0. The highest BCUT2D eigenvalue weighted by molar-refractivity contribution is 5.53. The average Bonchev–Trinajstić information content (AvgIpc) is 2.38. The van der Waals surface area contributed by atoms with Gasteiger partial charge in [-0.25, -0.2) is 0 Å². The van der Waals surface area contributed by atoms with Crippen LogP contribution in [-0.2, 0) is 6.54 Å². The van der Waals surface area contributed by atoms with E-state index < -0.39 is 0 Å². The Hall–Kier alpha value is -1.02. The second-order valence-corrected chi connectivity index (χ2v) is 6.34. The lowest BCUT2D eigenvalue weighted by Gasteiger charge is -2.40. The molecule has 0 spiro atoms. The molecule has 0 aromatic heterocycles. The number of hydrogen-bond acceptors (Lipinski definition) is 2. The molecule has 0 radical (unpaired) electrons. The summed E-state index contributed by atoms with van der Waals surface area (Å²) in [5.41, 5.74) is 8.93. The van der Waals surface area contributed by atoms with Crippen molar-refractivity contribution in [1.29, 1.82) is 0 Å². The van der Waals surface area contributed by atoms with E-state index in [-0.39, 0.29) is 0 Å². The van der Waals surface area contributed by atoms with Gasteiger partial charge in [0.1, 0.15) is 0 Å². The number of anilines is 1. The maximum Gasteiger partial charge on any atom is 0.0411 e. The van der Waals surface area contributed by atoms with Gasteiger partial charge in [-0.3, -0.25) is 0 Å². The van der Waals surface area contributed by atoms with Crippen LogP contribution in [0.1, 0.15) is 45.1 Å². The van der Waals surface area contributed by atoms with E-state index in [1.54, 1.807) is 0 Å². The zero-order valence-corrected chi connectivity index (χ0v) is 11.9. The summed E-state index contributed by atoms with van der Waals surface area (Å²) in [5.74, 6) is 0. The molecule has 1 saturated carbocycles. The molecule has 0 atom stereocenters. The standard InChI is InChI=1S/C16H26N2/c1-16(2)10-8-14(9-11-16)18(3)15-7-5-4-6-13(15)12-17/h4-7,14H,8-12,17H2,1-3H3. The lowest BCUT2D eigenvalue weighted by Crippen LogP contribution is -2.37. The Morgan fingerprint density at radius 1 is 1.22 bits per heavy atom. The van der Waals surface area contributed by atoms with E-state index in [9.17, 15) is 0 Å². The van der Waals surface area contributed by atoms with Gasteiger partial charge in [0.2, 0.25) is 0 Å². The number of benzene rings is 1. The molecule has 1 fully saturated rings. The normalized spacial score (nSPS) is 19.8. The molecule has 0 heterocycles. The van der Waals surface area contributed by atoms with Crippen LogP contribution in [0.5, 0.6) is 0 Å². The van der Waals surface area contributed by atoms with Gasteiger partial charge in [0.15, 0.2) is 0 Å². The summed E-state index contributed by atoms with van der Waals surface area (Å²) < 4.78 is 0. The Kier molecular flexibility index (Phi) is 3.96. The second kappa shape index (κ2) is 5.31. The molecule has 0 amide bonds. The summed E-state index contributed by atoms with van der Waals surface area (Å²) in [6.07, 6.45) is 5.24. The van der Waals surface area contributed by atoms with E-state index in [0.717, 1.165) is 0 Å². The monoisotopic (exact) mass is 246 g/mol.